The van der Waals surface area contributed by atoms with E-state index < -0.39 is 83.3 Å². The minimum atomic E-state index is -7.81. The van der Waals surface area contributed by atoms with Crippen molar-refractivity contribution < 1.29 is 79.0 Å². The SMILES string of the molecule is CCN(CC)c1nc(Nc2nc(C(C(F)(F)F)(C(F)(F)F)C(F)(F)F)nc(C(C(F)(F)F)(C(F)(F)F)C(F)(F)F)n2)nc(N(CC)CC)n1. The van der Waals surface area contributed by atoms with E-state index in [1.807, 2.05) is 0 Å². The molecule has 2 aromatic heterocycles. The van der Waals surface area contributed by atoms with E-state index in [-0.39, 0.29) is 26.2 Å². The number of halogens is 18. The molecule has 0 aromatic carbocycles. The van der Waals surface area contributed by atoms with Gasteiger partial charge in [-0.1, -0.05) is 0 Å². The Kier molecular flexibility index (Phi) is 11.1. The maximum absolute atomic E-state index is 13.9. The quantitative estimate of drug-likeness (QED) is 0.250. The molecule has 2 heterocycles. The Bertz CT molecular complexity index is 1270. The van der Waals surface area contributed by atoms with Crippen LogP contribution in [0.5, 0.6) is 0 Å². The summed E-state index contributed by atoms with van der Waals surface area (Å²) in [7, 11) is 0. The lowest BCUT2D eigenvalue weighted by Gasteiger charge is -2.39. The summed E-state index contributed by atoms with van der Waals surface area (Å²) in [6.45, 7) is 6.08. The Morgan fingerprint density at radius 2 is 0.633 bits per heavy atom. The van der Waals surface area contributed by atoms with Crippen LogP contribution in [-0.4, -0.2) is 93.1 Å². The average molecular weight is 753 g/mol. The number of nitrogens with zero attached hydrogens (tertiary/aromatic N) is 8. The fourth-order valence-electron chi connectivity index (χ4n) is 4.30. The monoisotopic (exact) mass is 753 g/mol. The zero-order valence-electron chi connectivity index (χ0n) is 24.7. The number of nitrogens with one attached hydrogen (secondary N) is 1. The average Bonchev–Trinajstić information content (AvgIpc) is 2.85. The van der Waals surface area contributed by atoms with Crippen LogP contribution in [0, 0.1) is 0 Å². The first-order chi connectivity index (χ1) is 21.9. The molecule has 0 unspecified atom stereocenters. The van der Waals surface area contributed by atoms with Gasteiger partial charge in [-0.15, -0.1) is 0 Å². The maximum atomic E-state index is 13.9. The second-order valence-corrected chi connectivity index (χ2v) is 9.52. The van der Waals surface area contributed by atoms with E-state index >= 15 is 0 Å². The van der Waals surface area contributed by atoms with Crippen molar-refractivity contribution in [3.05, 3.63) is 11.6 Å². The van der Waals surface area contributed by atoms with Gasteiger partial charge in [-0.25, -0.2) is 4.98 Å². The molecule has 2 aromatic rings. The van der Waals surface area contributed by atoms with Crippen LogP contribution < -0.4 is 15.1 Å². The molecule has 0 radical (unpaired) electrons. The maximum Gasteiger partial charge on any atom is 0.419 e. The van der Waals surface area contributed by atoms with Gasteiger partial charge in [-0.2, -0.15) is 104 Å². The van der Waals surface area contributed by atoms with Gasteiger partial charge in [0.25, 0.3) is 0 Å². The first kappa shape index (κ1) is 41.3. The van der Waals surface area contributed by atoms with Crippen LogP contribution in [0.1, 0.15) is 39.3 Å². The summed E-state index contributed by atoms with van der Waals surface area (Å²) in [5, 5.41) is 1.34. The third-order valence-electron chi connectivity index (χ3n) is 6.79. The van der Waals surface area contributed by atoms with E-state index in [1.165, 1.54) is 47.8 Å². The highest BCUT2D eigenvalue weighted by Crippen LogP contribution is 2.62. The van der Waals surface area contributed by atoms with Crippen molar-refractivity contribution in [1.29, 1.82) is 0 Å². The number of hydrogen-bond acceptors (Lipinski definition) is 9. The Hall–Kier alpha value is -3.84. The van der Waals surface area contributed by atoms with E-state index in [9.17, 15) is 79.0 Å². The van der Waals surface area contributed by atoms with E-state index in [4.69, 9.17) is 0 Å². The molecule has 9 nitrogen and oxygen atoms in total. The van der Waals surface area contributed by atoms with Gasteiger partial charge in [0.15, 0.2) is 11.6 Å². The van der Waals surface area contributed by atoms with Gasteiger partial charge in [-0.3, -0.25) is 5.32 Å². The lowest BCUT2D eigenvalue weighted by molar-refractivity contribution is -0.391. The third-order valence-corrected chi connectivity index (χ3v) is 6.79. The molecular formula is C22H21F18N9. The van der Waals surface area contributed by atoms with Crippen molar-refractivity contribution in [3.8, 4) is 0 Å². The highest BCUT2D eigenvalue weighted by molar-refractivity contribution is 5.51. The molecule has 0 aliphatic carbocycles. The first-order valence-corrected chi connectivity index (χ1v) is 13.1. The zero-order valence-corrected chi connectivity index (χ0v) is 24.7. The minimum Gasteiger partial charge on any atom is -0.341 e. The molecule has 0 amide bonds. The Balaban J connectivity index is 3.32. The van der Waals surface area contributed by atoms with Crippen LogP contribution in [-0.2, 0) is 10.8 Å². The number of rotatable bonds is 10. The van der Waals surface area contributed by atoms with Gasteiger partial charge >= 0.3 is 47.9 Å². The fraction of sp³-hybridized carbons (Fsp3) is 0.727. The molecule has 280 valence electrons. The van der Waals surface area contributed by atoms with Crippen molar-refractivity contribution in [2.45, 2.75) is 75.6 Å². The second kappa shape index (κ2) is 13.1. The molecule has 49 heavy (non-hydrogen) atoms. The molecule has 0 bridgehead atoms. The molecule has 27 heteroatoms. The van der Waals surface area contributed by atoms with Gasteiger partial charge in [0.2, 0.25) is 23.8 Å². The standard InChI is InChI=1S/C22H21F18N9/c1-5-48(6-2)13-45-12(46-14(47-13)49(7-3)8-4)44-11-42-9(15(17(23,24)25,18(26,27)28)19(29,30)31)41-10(43-11)16(20(32,33)34,21(35,36)37)22(38,39)40/h5-8H2,1-4H3,(H,41,42,43,44,45,46,47). The Morgan fingerprint density at radius 1 is 0.388 bits per heavy atom. The van der Waals surface area contributed by atoms with E-state index in [0.717, 1.165) is 0 Å². The van der Waals surface area contributed by atoms with Gasteiger partial charge in [0, 0.05) is 26.2 Å². The smallest absolute Gasteiger partial charge is 0.341 e. The predicted molar refractivity (Wildman–Crippen MR) is 130 cm³/mol. The molecule has 0 aliphatic rings. The van der Waals surface area contributed by atoms with Crippen LogP contribution in [0.25, 0.3) is 0 Å². The van der Waals surface area contributed by atoms with Crippen molar-refractivity contribution >= 4 is 23.8 Å². The molecule has 0 atom stereocenters. The van der Waals surface area contributed by atoms with Crippen LogP contribution >= 0.6 is 0 Å². The van der Waals surface area contributed by atoms with Gasteiger partial charge in [0.1, 0.15) is 0 Å². The van der Waals surface area contributed by atoms with Gasteiger partial charge < -0.3 is 9.80 Å². The van der Waals surface area contributed by atoms with Crippen molar-refractivity contribution in [2.24, 2.45) is 0 Å². The molecule has 0 fully saturated rings. The summed E-state index contributed by atoms with van der Waals surface area (Å²) in [4.78, 5) is 19.5. The van der Waals surface area contributed by atoms with Crippen LogP contribution in [0.3, 0.4) is 0 Å². The predicted octanol–water partition coefficient (Wildman–Crippen LogP) is 7.34. The van der Waals surface area contributed by atoms with Crippen molar-refractivity contribution in [3.63, 3.8) is 0 Å². The Morgan fingerprint density at radius 3 is 0.857 bits per heavy atom. The van der Waals surface area contributed by atoms with E-state index in [2.05, 4.69) is 24.9 Å². The van der Waals surface area contributed by atoms with Gasteiger partial charge in [0.05, 0.1) is 0 Å². The van der Waals surface area contributed by atoms with E-state index in [0.29, 0.717) is 0 Å². The number of alkyl halides is 18. The molecule has 0 saturated heterocycles. The zero-order chi connectivity index (χ0) is 38.4. The molecule has 0 aliphatic heterocycles. The lowest BCUT2D eigenvalue weighted by Crippen LogP contribution is -2.66. The number of hydrogen-bond donors (Lipinski definition) is 1. The molecule has 0 spiro atoms. The van der Waals surface area contributed by atoms with Crippen LogP contribution in [0.2, 0.25) is 0 Å². The van der Waals surface area contributed by atoms with Gasteiger partial charge in [-0.05, 0) is 27.7 Å². The van der Waals surface area contributed by atoms with Crippen molar-refractivity contribution in [1.82, 2.24) is 29.9 Å². The summed E-state index contributed by atoms with van der Waals surface area (Å²) in [6.07, 6.45) is -46.9. The second-order valence-electron chi connectivity index (χ2n) is 9.52. The van der Waals surface area contributed by atoms with Crippen molar-refractivity contribution in [2.75, 3.05) is 41.3 Å². The summed E-state index contributed by atoms with van der Waals surface area (Å²) in [6, 6.07) is 0. The lowest BCUT2D eigenvalue weighted by atomic mass is 9.82. The van der Waals surface area contributed by atoms with E-state index in [1.54, 1.807) is 0 Å². The number of anilines is 4. The largest absolute Gasteiger partial charge is 0.419 e. The summed E-state index contributed by atoms with van der Waals surface area (Å²) >= 11 is 0. The molecule has 2 rings (SSSR count). The third kappa shape index (κ3) is 6.96. The highest BCUT2D eigenvalue weighted by Gasteiger charge is 2.89. The number of aromatic nitrogens is 6. The summed E-state index contributed by atoms with van der Waals surface area (Å²) in [5.41, 5.74) is -15.2. The molecule has 0 saturated carbocycles. The summed E-state index contributed by atoms with van der Waals surface area (Å²) in [5.74, 6) is -12.8. The topological polar surface area (TPSA) is 95.9 Å². The van der Waals surface area contributed by atoms with Crippen LogP contribution in [0.4, 0.5) is 103 Å². The molecular weight excluding hydrogens is 732 g/mol. The van der Waals surface area contributed by atoms with Crippen LogP contribution in [0.15, 0.2) is 0 Å². The highest BCUT2D eigenvalue weighted by atomic mass is 19.4. The minimum absolute atomic E-state index is 0.0359. The summed E-state index contributed by atoms with van der Waals surface area (Å²) < 4.78 is 250. The molecule has 1 N–H and O–H groups in total. The normalized spacial score (nSPS) is 14.2. The first-order valence-electron chi connectivity index (χ1n) is 13.1. The fourth-order valence-corrected chi connectivity index (χ4v) is 4.30. The Labute approximate surface area is 262 Å².